The highest BCUT2D eigenvalue weighted by Crippen LogP contribution is 2.55. The molecule has 2 aromatic rings. The van der Waals surface area contributed by atoms with Crippen LogP contribution >= 0.6 is 0 Å². The molecule has 28 heavy (non-hydrogen) atoms. The second kappa shape index (κ2) is 5.69. The molecular weight excluding hydrogens is 401 g/mol. The number of halogens is 7. The van der Waals surface area contributed by atoms with Crippen molar-refractivity contribution in [1.29, 1.82) is 0 Å². The lowest BCUT2D eigenvalue weighted by Gasteiger charge is -2.30. The molecule has 1 aliphatic carbocycles. The predicted molar refractivity (Wildman–Crippen MR) is 78.0 cm³/mol. The van der Waals surface area contributed by atoms with Gasteiger partial charge in [-0.15, -0.1) is 0 Å². The molecule has 4 nitrogen and oxygen atoms in total. The van der Waals surface area contributed by atoms with Gasteiger partial charge in [0.1, 0.15) is 11.5 Å². The van der Waals surface area contributed by atoms with Gasteiger partial charge in [-0.1, -0.05) is 24.3 Å². The standard InChI is InChI=1S/C17H7F7O4/c18-15(19,16(20,21)17(22,23)24)8-5-9(25)10-11(14(8)28)13(27)7-4-2-1-3-6(7)12(10)26/h1-5,25,28H. The van der Waals surface area contributed by atoms with E-state index in [0.717, 1.165) is 12.1 Å². The number of rotatable bonds is 2. The summed E-state index contributed by atoms with van der Waals surface area (Å²) in [6.45, 7) is 0. The summed E-state index contributed by atoms with van der Waals surface area (Å²) >= 11 is 0. The lowest BCUT2D eigenvalue weighted by molar-refractivity contribution is -0.359. The topological polar surface area (TPSA) is 74.6 Å². The molecule has 3 rings (SSSR count). The van der Waals surface area contributed by atoms with Gasteiger partial charge in [-0.05, 0) is 6.07 Å². The summed E-state index contributed by atoms with van der Waals surface area (Å²) in [7, 11) is 0. The Morgan fingerprint density at radius 1 is 0.750 bits per heavy atom. The van der Waals surface area contributed by atoms with Gasteiger partial charge in [0, 0.05) is 11.1 Å². The SMILES string of the molecule is O=C1c2ccccc2C(=O)c2c(O)c(C(F)(F)C(F)(F)C(F)(F)F)cc(O)c21. The molecule has 0 saturated carbocycles. The molecule has 0 amide bonds. The highest BCUT2D eigenvalue weighted by Gasteiger charge is 2.74. The summed E-state index contributed by atoms with van der Waals surface area (Å²) < 4.78 is 92.0. The molecule has 1 aliphatic rings. The molecule has 0 unspecified atom stereocenters. The van der Waals surface area contributed by atoms with Crippen LogP contribution in [0.25, 0.3) is 0 Å². The largest absolute Gasteiger partial charge is 0.507 e. The average Bonchev–Trinajstić information content (AvgIpc) is 2.60. The van der Waals surface area contributed by atoms with Crippen molar-refractivity contribution < 1.29 is 50.5 Å². The normalized spacial score (nSPS) is 14.7. The van der Waals surface area contributed by atoms with Gasteiger partial charge in [-0.3, -0.25) is 9.59 Å². The quantitative estimate of drug-likeness (QED) is 0.493. The molecule has 0 radical (unpaired) electrons. The number of aromatic hydroxyl groups is 2. The number of hydrogen-bond acceptors (Lipinski definition) is 4. The minimum atomic E-state index is -6.71. The molecule has 0 aromatic heterocycles. The number of fused-ring (bicyclic) bond motifs is 2. The van der Waals surface area contributed by atoms with E-state index in [-0.39, 0.29) is 11.6 Å². The smallest absolute Gasteiger partial charge is 0.460 e. The third kappa shape index (κ3) is 2.38. The van der Waals surface area contributed by atoms with Gasteiger partial charge >= 0.3 is 18.0 Å². The second-order valence-electron chi connectivity index (χ2n) is 5.89. The van der Waals surface area contributed by atoms with E-state index >= 15 is 0 Å². The van der Waals surface area contributed by atoms with Crippen LogP contribution in [-0.2, 0) is 5.92 Å². The van der Waals surface area contributed by atoms with Crippen molar-refractivity contribution >= 4 is 11.6 Å². The van der Waals surface area contributed by atoms with Crippen LogP contribution < -0.4 is 0 Å². The first kappa shape index (κ1) is 19.6. The van der Waals surface area contributed by atoms with Gasteiger partial charge in [0.15, 0.2) is 11.6 Å². The Balaban J connectivity index is 2.32. The summed E-state index contributed by atoms with van der Waals surface area (Å²) in [5.41, 5.74) is -5.27. The van der Waals surface area contributed by atoms with Gasteiger partial charge in [-0.2, -0.15) is 30.7 Å². The van der Waals surface area contributed by atoms with E-state index in [9.17, 15) is 50.5 Å². The van der Waals surface area contributed by atoms with E-state index in [2.05, 4.69) is 0 Å². The van der Waals surface area contributed by atoms with Gasteiger partial charge in [0.05, 0.1) is 16.7 Å². The molecule has 0 saturated heterocycles. The first-order valence-corrected chi connectivity index (χ1v) is 7.33. The molecule has 0 atom stereocenters. The number of benzene rings is 2. The number of phenols is 2. The molecule has 0 fully saturated rings. The number of hydrogen-bond donors (Lipinski definition) is 2. The zero-order chi connectivity index (χ0) is 21.2. The maximum atomic E-state index is 14.0. The zero-order valence-electron chi connectivity index (χ0n) is 13.2. The van der Waals surface area contributed by atoms with Crippen molar-refractivity contribution in [3.05, 3.63) is 58.1 Å². The average molecular weight is 408 g/mol. The van der Waals surface area contributed by atoms with E-state index in [0.29, 0.717) is 0 Å². The number of phenolic OH excluding ortho intramolecular Hbond substituents is 2. The molecule has 0 heterocycles. The fourth-order valence-corrected chi connectivity index (χ4v) is 2.84. The molecule has 2 aromatic carbocycles. The highest BCUT2D eigenvalue weighted by atomic mass is 19.4. The van der Waals surface area contributed by atoms with Crippen LogP contribution in [0.5, 0.6) is 11.5 Å². The van der Waals surface area contributed by atoms with Crippen molar-refractivity contribution in [2.24, 2.45) is 0 Å². The van der Waals surface area contributed by atoms with Crippen LogP contribution in [0.3, 0.4) is 0 Å². The summed E-state index contributed by atoms with van der Waals surface area (Å²) in [6.07, 6.45) is -6.71. The van der Waals surface area contributed by atoms with E-state index in [4.69, 9.17) is 0 Å². The van der Waals surface area contributed by atoms with E-state index in [1.807, 2.05) is 0 Å². The van der Waals surface area contributed by atoms with E-state index < -0.39 is 63.3 Å². The van der Waals surface area contributed by atoms with Crippen molar-refractivity contribution in [1.82, 2.24) is 0 Å². The van der Waals surface area contributed by atoms with E-state index in [1.54, 1.807) is 0 Å². The van der Waals surface area contributed by atoms with Crippen LogP contribution in [0.1, 0.15) is 37.4 Å². The Bertz CT molecular complexity index is 1020. The first-order chi connectivity index (χ1) is 12.7. The summed E-state index contributed by atoms with van der Waals surface area (Å²) in [5.74, 6) is -18.5. The Kier molecular flexibility index (Phi) is 3.99. The zero-order valence-corrected chi connectivity index (χ0v) is 13.2. The van der Waals surface area contributed by atoms with Gasteiger partial charge in [-0.25, -0.2) is 0 Å². The maximum absolute atomic E-state index is 14.0. The van der Waals surface area contributed by atoms with Gasteiger partial charge in [0.2, 0.25) is 0 Å². The fraction of sp³-hybridized carbons (Fsp3) is 0.176. The van der Waals surface area contributed by atoms with Crippen molar-refractivity contribution in [3.63, 3.8) is 0 Å². The lowest BCUT2D eigenvalue weighted by Crippen LogP contribution is -2.50. The second-order valence-corrected chi connectivity index (χ2v) is 5.89. The summed E-state index contributed by atoms with van der Waals surface area (Å²) in [5, 5.41) is 19.8. The van der Waals surface area contributed by atoms with E-state index in [1.165, 1.54) is 12.1 Å². The van der Waals surface area contributed by atoms with Crippen LogP contribution in [0.15, 0.2) is 30.3 Å². The minimum Gasteiger partial charge on any atom is -0.507 e. The lowest BCUT2D eigenvalue weighted by atomic mass is 9.81. The first-order valence-electron chi connectivity index (χ1n) is 7.33. The molecule has 11 heteroatoms. The van der Waals surface area contributed by atoms with Crippen molar-refractivity contribution in [2.75, 3.05) is 0 Å². The number of ketones is 2. The summed E-state index contributed by atoms with van der Waals surface area (Å²) in [4.78, 5) is 24.9. The minimum absolute atomic E-state index is 0.269. The maximum Gasteiger partial charge on any atom is 0.460 e. The number of carbonyl (C=O) groups is 2. The van der Waals surface area contributed by atoms with Gasteiger partial charge in [0.25, 0.3) is 0 Å². The molecule has 0 spiro atoms. The molecule has 0 aliphatic heterocycles. The van der Waals surface area contributed by atoms with Crippen molar-refractivity contribution in [3.8, 4) is 11.5 Å². The molecule has 0 bridgehead atoms. The van der Waals surface area contributed by atoms with Crippen LogP contribution in [0.2, 0.25) is 0 Å². The Morgan fingerprint density at radius 2 is 1.21 bits per heavy atom. The molecular formula is C17H7F7O4. The van der Waals surface area contributed by atoms with Gasteiger partial charge < -0.3 is 10.2 Å². The van der Waals surface area contributed by atoms with Crippen LogP contribution in [-0.4, -0.2) is 33.9 Å². The third-order valence-electron chi connectivity index (χ3n) is 4.24. The fourth-order valence-electron chi connectivity index (χ4n) is 2.84. The van der Waals surface area contributed by atoms with Crippen molar-refractivity contribution in [2.45, 2.75) is 18.0 Å². The van der Waals surface area contributed by atoms with Crippen LogP contribution in [0.4, 0.5) is 30.7 Å². The molecule has 2 N–H and O–H groups in total. The number of alkyl halides is 7. The predicted octanol–water partition coefficient (Wildman–Crippen LogP) is 4.16. The monoisotopic (exact) mass is 408 g/mol. The highest BCUT2D eigenvalue weighted by molar-refractivity contribution is 6.30. The Labute approximate surface area is 150 Å². The summed E-state index contributed by atoms with van der Waals surface area (Å²) in [6, 6.07) is 4.52. The number of carbonyl (C=O) groups excluding carboxylic acids is 2. The Hall–Kier alpha value is -3.11. The third-order valence-corrected chi connectivity index (χ3v) is 4.24. The van der Waals surface area contributed by atoms with Crippen LogP contribution in [0, 0.1) is 0 Å². The molecule has 148 valence electrons. The Morgan fingerprint density at radius 3 is 1.68 bits per heavy atom.